The second-order valence-corrected chi connectivity index (χ2v) is 7.61. The molecular weight excluding hydrogens is 203 g/mol. The van der Waals surface area contributed by atoms with Crippen LogP contribution in [0.3, 0.4) is 0 Å². The third kappa shape index (κ3) is 3.45. The maximum absolute atomic E-state index is 11.0. The molecule has 3 nitrogen and oxygen atoms in total. The third-order valence-electron chi connectivity index (χ3n) is 0.888. The Morgan fingerprint density at radius 1 is 1.70 bits per heavy atom. The Labute approximate surface area is 83.8 Å². The molecule has 0 aromatic carbocycles. The molecule has 0 aliphatic heterocycles. The van der Waals surface area contributed by atoms with Crippen LogP contribution in [0.5, 0.6) is 0 Å². The van der Waals surface area contributed by atoms with E-state index in [0.29, 0.717) is 31.6 Å². The van der Waals surface area contributed by atoms with Crippen LogP contribution in [0.2, 0.25) is 3.67 Å². The van der Waals surface area contributed by atoms with Crippen LogP contribution in [0.1, 0.15) is 0 Å². The normalized spacial score (nSPS) is 15.9. The molecule has 0 bridgehead atoms. The van der Waals surface area contributed by atoms with Crippen LogP contribution in [0.4, 0.5) is 0 Å². The molecule has 54 valence electrons. The van der Waals surface area contributed by atoms with Crippen LogP contribution < -0.4 is 0 Å². The molecule has 0 N–H and O–H groups in total. The summed E-state index contributed by atoms with van der Waals surface area (Å²) in [4.78, 5) is 0. The molecule has 10 heavy (non-hydrogen) atoms. The number of rotatable bonds is 1. The standard InChI is InChI=1S/C3H5O3S3.Na/c1-3(8(4)5)9(2,6)7;/h1H2,2H3;. The van der Waals surface area contributed by atoms with E-state index in [2.05, 4.69) is 11.2 Å². The molecule has 0 saturated carbocycles. The average molecular weight is 208 g/mol. The first-order valence-corrected chi connectivity index (χ1v) is 7.92. The van der Waals surface area contributed by atoms with Crippen LogP contribution in [0.25, 0.3) is 0 Å². The SMILES string of the molecule is CS(=O)(=S)C([CH2][Na])=S(=O)=O. The first kappa shape index (κ1) is 11.1. The van der Waals surface area contributed by atoms with Crippen LogP contribution in [0, 0.1) is 0 Å². The summed E-state index contributed by atoms with van der Waals surface area (Å²) in [5.41, 5.74) is 0. The monoisotopic (exact) mass is 208 g/mol. The van der Waals surface area contributed by atoms with E-state index in [4.69, 9.17) is 0 Å². The van der Waals surface area contributed by atoms with Gasteiger partial charge in [-0.1, -0.05) is 0 Å². The van der Waals surface area contributed by atoms with Crippen molar-refractivity contribution in [3.8, 4) is 0 Å². The van der Waals surface area contributed by atoms with Gasteiger partial charge in [-0.2, -0.15) is 0 Å². The van der Waals surface area contributed by atoms with Gasteiger partial charge in [0.05, 0.1) is 0 Å². The van der Waals surface area contributed by atoms with E-state index in [-0.39, 0.29) is 4.20 Å². The van der Waals surface area contributed by atoms with Gasteiger partial charge in [-0.3, -0.25) is 0 Å². The maximum atomic E-state index is 11.0. The van der Waals surface area contributed by atoms with Crippen molar-refractivity contribution in [1.29, 1.82) is 0 Å². The molecule has 0 spiro atoms. The van der Waals surface area contributed by atoms with E-state index < -0.39 is 18.8 Å². The Morgan fingerprint density at radius 2 is 2.10 bits per heavy atom. The van der Waals surface area contributed by atoms with E-state index in [1.165, 1.54) is 6.26 Å². The van der Waals surface area contributed by atoms with E-state index >= 15 is 0 Å². The molecule has 0 aromatic heterocycles. The van der Waals surface area contributed by atoms with Crippen LogP contribution in [0.15, 0.2) is 0 Å². The van der Waals surface area contributed by atoms with E-state index in [1.54, 1.807) is 0 Å². The van der Waals surface area contributed by atoms with Crippen molar-refractivity contribution < 1.29 is 12.6 Å². The van der Waals surface area contributed by atoms with Gasteiger partial charge in [0.1, 0.15) is 0 Å². The van der Waals surface area contributed by atoms with Crippen molar-refractivity contribution in [2.75, 3.05) is 6.26 Å². The van der Waals surface area contributed by atoms with Gasteiger partial charge in [0.15, 0.2) is 0 Å². The molecule has 7 heteroatoms. The fourth-order valence-electron chi connectivity index (χ4n) is 0.504. The summed E-state index contributed by atoms with van der Waals surface area (Å²) in [6.45, 7) is 0. The number of hydrogen-bond acceptors (Lipinski definition) is 4. The van der Waals surface area contributed by atoms with Gasteiger partial charge in [-0.15, -0.1) is 0 Å². The summed E-state index contributed by atoms with van der Waals surface area (Å²) in [6.07, 6.45) is 1.27. The Hall–Kier alpha value is 1.06. The molecule has 0 aliphatic rings. The van der Waals surface area contributed by atoms with Crippen LogP contribution in [-0.4, -0.2) is 51.0 Å². The first-order chi connectivity index (χ1) is 4.39. The molecule has 0 fully saturated rings. The predicted molar refractivity (Wildman–Crippen MR) is 45.9 cm³/mol. The van der Waals surface area contributed by atoms with Gasteiger partial charge in [0, 0.05) is 0 Å². The molecule has 0 aliphatic carbocycles. The number of hydrogen-bond donors (Lipinski definition) is 0. The minimum absolute atomic E-state index is 0.00540. The van der Waals surface area contributed by atoms with E-state index in [1.807, 2.05) is 0 Å². The Bertz CT molecular complexity index is 327. The summed E-state index contributed by atoms with van der Waals surface area (Å²) >= 11 is 5.18. The second kappa shape index (κ2) is 4.18. The minimum atomic E-state index is -2.64. The van der Waals surface area contributed by atoms with E-state index in [0.717, 1.165) is 0 Å². The molecule has 1 unspecified atom stereocenters. The molecular formula is C3H5NaO3S3. The Kier molecular flexibility index (Phi) is 4.62. The van der Waals surface area contributed by atoms with Gasteiger partial charge in [-0.25, -0.2) is 0 Å². The van der Waals surface area contributed by atoms with Crippen molar-refractivity contribution in [3.63, 3.8) is 0 Å². The molecule has 0 saturated heterocycles. The summed E-state index contributed by atoms with van der Waals surface area (Å²) in [5.74, 6) is 0. The van der Waals surface area contributed by atoms with Gasteiger partial charge in [-0.05, 0) is 0 Å². The molecule has 0 aromatic rings. The van der Waals surface area contributed by atoms with Crippen molar-refractivity contribution in [1.82, 2.24) is 0 Å². The summed E-state index contributed by atoms with van der Waals surface area (Å²) in [7, 11) is -4.99. The van der Waals surface area contributed by atoms with Gasteiger partial charge < -0.3 is 0 Å². The zero-order chi connectivity index (χ0) is 8.36. The zero-order valence-electron chi connectivity index (χ0n) is 5.66. The predicted octanol–water partition coefficient (Wildman–Crippen LogP) is -1.04. The van der Waals surface area contributed by atoms with Gasteiger partial charge in [0.25, 0.3) is 0 Å². The Balaban J connectivity index is 5.38. The molecule has 0 heterocycles. The van der Waals surface area contributed by atoms with Crippen molar-refractivity contribution in [2.45, 2.75) is 3.67 Å². The summed E-state index contributed by atoms with van der Waals surface area (Å²) < 4.78 is 32.0. The fraction of sp³-hybridized carbons (Fsp3) is 0.667. The molecule has 1 atom stereocenters. The summed E-state index contributed by atoms with van der Waals surface area (Å²) in [6, 6.07) is 0. The van der Waals surface area contributed by atoms with E-state index in [9.17, 15) is 12.6 Å². The Morgan fingerprint density at radius 3 is 2.10 bits per heavy atom. The molecule has 0 radical (unpaired) electrons. The summed E-state index contributed by atoms with van der Waals surface area (Å²) in [5, 5.41) is 0. The van der Waals surface area contributed by atoms with Gasteiger partial charge in [0.2, 0.25) is 0 Å². The first-order valence-electron chi connectivity index (χ1n) is 2.54. The zero-order valence-corrected chi connectivity index (χ0v) is 10.1. The van der Waals surface area contributed by atoms with Gasteiger partial charge >= 0.3 is 84.7 Å². The molecule has 0 amide bonds. The average Bonchev–Trinajstić information content (AvgIpc) is 1.60. The third-order valence-corrected chi connectivity index (χ3v) is 6.68. The van der Waals surface area contributed by atoms with Crippen LogP contribution >= 0.6 is 0 Å². The second-order valence-electron chi connectivity index (χ2n) is 1.73. The molecule has 0 rings (SSSR count). The van der Waals surface area contributed by atoms with Crippen molar-refractivity contribution in [3.05, 3.63) is 0 Å². The topological polar surface area (TPSA) is 51.2 Å². The fourth-order valence-corrected chi connectivity index (χ4v) is 6.09. The quantitative estimate of drug-likeness (QED) is 0.408. The van der Waals surface area contributed by atoms with Crippen LogP contribution in [-0.2, 0) is 30.0 Å². The van der Waals surface area contributed by atoms with Crippen molar-refractivity contribution in [2.24, 2.45) is 0 Å². The van der Waals surface area contributed by atoms with Crippen molar-refractivity contribution >= 4 is 62.1 Å².